The molecule has 0 radical (unpaired) electrons. The van der Waals surface area contributed by atoms with Gasteiger partial charge in [-0.25, -0.2) is 9.78 Å². The van der Waals surface area contributed by atoms with Gasteiger partial charge in [-0.15, -0.1) is 10.2 Å². The van der Waals surface area contributed by atoms with Crippen LogP contribution in [0.25, 0.3) is 16.7 Å². The third-order valence-corrected chi connectivity index (χ3v) is 4.66. The monoisotopic (exact) mass is 398 g/mol. The van der Waals surface area contributed by atoms with Crippen LogP contribution in [0.4, 0.5) is 10.6 Å². The van der Waals surface area contributed by atoms with Crippen molar-refractivity contribution in [1.29, 1.82) is 0 Å². The summed E-state index contributed by atoms with van der Waals surface area (Å²) in [5.74, 6) is 1.56. The number of alkyl carbamates (subject to hydrolysis) is 1. The molecule has 3 rings (SSSR count). The number of nitrogens with one attached hydrogen (secondary N) is 2. The molecule has 1 aromatic carbocycles. The topological polar surface area (TPSA) is 93.4 Å². The average molecular weight is 399 g/mol. The highest BCUT2D eigenvalue weighted by Crippen LogP contribution is 2.24. The maximum absolute atomic E-state index is 11.7. The summed E-state index contributed by atoms with van der Waals surface area (Å²) in [7, 11) is 0. The van der Waals surface area contributed by atoms with Gasteiger partial charge in [0.15, 0.2) is 5.82 Å². The van der Waals surface area contributed by atoms with Gasteiger partial charge < -0.3 is 15.4 Å². The van der Waals surface area contributed by atoms with E-state index in [0.29, 0.717) is 6.54 Å². The summed E-state index contributed by atoms with van der Waals surface area (Å²) in [6.45, 7) is 13.0. The van der Waals surface area contributed by atoms with Crippen molar-refractivity contribution in [2.45, 2.75) is 60.0 Å². The maximum atomic E-state index is 11.7. The Labute approximate surface area is 171 Å². The number of hydrogen-bond donors (Lipinski definition) is 2. The van der Waals surface area contributed by atoms with Crippen molar-refractivity contribution >= 4 is 28.6 Å². The molecular formula is C21H30N6O2. The molecule has 2 aromatic heterocycles. The van der Waals surface area contributed by atoms with Gasteiger partial charge in [0, 0.05) is 13.1 Å². The van der Waals surface area contributed by atoms with Crippen LogP contribution in [0.5, 0.6) is 0 Å². The molecule has 29 heavy (non-hydrogen) atoms. The molecule has 0 spiro atoms. The van der Waals surface area contributed by atoms with E-state index in [1.54, 1.807) is 0 Å². The second kappa shape index (κ2) is 8.23. The molecule has 0 unspecified atom stereocenters. The Hall–Kier alpha value is -2.90. The Bertz CT molecular complexity index is 1040. The third-order valence-electron chi connectivity index (χ3n) is 4.66. The summed E-state index contributed by atoms with van der Waals surface area (Å²) >= 11 is 0. The number of aromatic nitrogens is 4. The second-order valence-corrected chi connectivity index (χ2v) is 8.35. The number of carbonyl (C=O) groups is 1. The lowest BCUT2D eigenvalue weighted by molar-refractivity contribution is 0.0527. The van der Waals surface area contributed by atoms with E-state index >= 15 is 0 Å². The van der Waals surface area contributed by atoms with Gasteiger partial charge >= 0.3 is 6.09 Å². The highest BCUT2D eigenvalue weighted by molar-refractivity contribution is 5.84. The van der Waals surface area contributed by atoms with Crippen LogP contribution in [-0.4, -0.2) is 44.4 Å². The summed E-state index contributed by atoms with van der Waals surface area (Å²) < 4.78 is 7.27. The number of benzene rings is 1. The van der Waals surface area contributed by atoms with E-state index in [0.717, 1.165) is 47.7 Å². The van der Waals surface area contributed by atoms with Gasteiger partial charge in [0.05, 0.1) is 11.0 Å². The lowest BCUT2D eigenvalue weighted by Crippen LogP contribution is -2.33. The molecular weight excluding hydrogens is 368 g/mol. The number of anilines is 1. The number of rotatable bonds is 6. The van der Waals surface area contributed by atoms with Gasteiger partial charge in [-0.1, -0.05) is 0 Å². The van der Waals surface area contributed by atoms with E-state index in [9.17, 15) is 4.79 Å². The number of nitrogens with zero attached hydrogens (tertiary/aromatic N) is 4. The van der Waals surface area contributed by atoms with Gasteiger partial charge in [0.2, 0.25) is 5.65 Å². The fourth-order valence-electron chi connectivity index (χ4n) is 3.11. The molecule has 0 aliphatic carbocycles. The standard InChI is InChI=1S/C21H30N6O2/c1-13-11-16-17(12-14(13)2)27-15(3)25-26-19(27)18(24-16)22-9-7-8-10-23-20(28)29-21(4,5)6/h11-12H,7-10H2,1-6H3,(H,22,24)(H,23,28). The summed E-state index contributed by atoms with van der Waals surface area (Å²) in [5.41, 5.74) is 4.59. The Morgan fingerprint density at radius 2 is 1.76 bits per heavy atom. The summed E-state index contributed by atoms with van der Waals surface area (Å²) in [6.07, 6.45) is 1.33. The molecule has 0 fully saturated rings. The predicted molar refractivity (Wildman–Crippen MR) is 114 cm³/mol. The van der Waals surface area contributed by atoms with Crippen molar-refractivity contribution in [2.75, 3.05) is 18.4 Å². The van der Waals surface area contributed by atoms with Crippen LogP contribution in [0.1, 0.15) is 50.6 Å². The molecule has 0 aliphatic heterocycles. The Morgan fingerprint density at radius 3 is 2.48 bits per heavy atom. The normalized spacial score (nSPS) is 11.8. The first-order valence-electron chi connectivity index (χ1n) is 9.99. The molecule has 1 amide bonds. The highest BCUT2D eigenvalue weighted by atomic mass is 16.6. The molecule has 2 heterocycles. The summed E-state index contributed by atoms with van der Waals surface area (Å²) in [5, 5.41) is 14.7. The molecule has 3 aromatic rings. The lowest BCUT2D eigenvalue weighted by Gasteiger charge is -2.19. The average Bonchev–Trinajstić information content (AvgIpc) is 3.00. The first-order valence-corrected chi connectivity index (χ1v) is 9.99. The Morgan fingerprint density at radius 1 is 1.07 bits per heavy atom. The van der Waals surface area contributed by atoms with Gasteiger partial charge in [0.1, 0.15) is 11.4 Å². The third kappa shape index (κ3) is 4.93. The van der Waals surface area contributed by atoms with Crippen LogP contribution in [0.2, 0.25) is 0 Å². The minimum absolute atomic E-state index is 0.382. The molecule has 8 heteroatoms. The van der Waals surface area contributed by atoms with Gasteiger partial charge in [-0.2, -0.15) is 0 Å². The van der Waals surface area contributed by atoms with Crippen LogP contribution in [0.15, 0.2) is 12.1 Å². The van der Waals surface area contributed by atoms with Crippen molar-refractivity contribution in [3.8, 4) is 0 Å². The van der Waals surface area contributed by atoms with Crippen molar-refractivity contribution < 1.29 is 9.53 Å². The number of fused-ring (bicyclic) bond motifs is 3. The van der Waals surface area contributed by atoms with E-state index < -0.39 is 5.60 Å². The van der Waals surface area contributed by atoms with Crippen molar-refractivity contribution in [1.82, 2.24) is 24.9 Å². The Balaban J connectivity index is 1.63. The van der Waals surface area contributed by atoms with E-state index in [1.807, 2.05) is 32.1 Å². The number of ether oxygens (including phenoxy) is 1. The van der Waals surface area contributed by atoms with Crippen LogP contribution < -0.4 is 10.6 Å². The minimum atomic E-state index is -0.480. The van der Waals surface area contributed by atoms with Crippen LogP contribution >= 0.6 is 0 Å². The Kier molecular flexibility index (Phi) is 5.91. The zero-order valence-corrected chi connectivity index (χ0v) is 18.1. The second-order valence-electron chi connectivity index (χ2n) is 8.35. The molecule has 2 N–H and O–H groups in total. The van der Waals surface area contributed by atoms with Gasteiger partial charge in [-0.3, -0.25) is 4.40 Å². The number of aryl methyl sites for hydroxylation is 3. The molecule has 0 atom stereocenters. The van der Waals surface area contributed by atoms with E-state index in [1.165, 1.54) is 11.1 Å². The quantitative estimate of drug-likeness (QED) is 0.611. The van der Waals surface area contributed by atoms with Crippen LogP contribution in [-0.2, 0) is 4.74 Å². The number of carbonyl (C=O) groups excluding carboxylic acids is 1. The predicted octanol–water partition coefficient (Wildman–Crippen LogP) is 3.92. The smallest absolute Gasteiger partial charge is 0.407 e. The molecule has 0 aliphatic rings. The zero-order chi connectivity index (χ0) is 21.2. The van der Waals surface area contributed by atoms with Gasteiger partial charge in [0.25, 0.3) is 0 Å². The molecule has 0 saturated carbocycles. The van der Waals surface area contributed by atoms with Crippen LogP contribution in [0.3, 0.4) is 0 Å². The number of hydrogen-bond acceptors (Lipinski definition) is 6. The number of unbranched alkanes of at least 4 members (excludes halogenated alkanes) is 1. The van der Waals surface area contributed by atoms with E-state index in [-0.39, 0.29) is 6.09 Å². The van der Waals surface area contributed by atoms with Crippen molar-refractivity contribution in [3.05, 3.63) is 29.1 Å². The molecule has 156 valence electrons. The first-order chi connectivity index (χ1) is 13.7. The SMILES string of the molecule is Cc1cc2nc(NCCCCNC(=O)OC(C)(C)C)c3nnc(C)n3c2cc1C. The first kappa shape index (κ1) is 20.8. The summed E-state index contributed by atoms with van der Waals surface area (Å²) in [6, 6.07) is 4.23. The van der Waals surface area contributed by atoms with Gasteiger partial charge in [-0.05, 0) is 77.6 Å². The largest absolute Gasteiger partial charge is 0.444 e. The fourth-order valence-corrected chi connectivity index (χ4v) is 3.11. The molecule has 8 nitrogen and oxygen atoms in total. The zero-order valence-electron chi connectivity index (χ0n) is 18.1. The van der Waals surface area contributed by atoms with Crippen molar-refractivity contribution in [2.24, 2.45) is 0 Å². The fraction of sp³-hybridized carbons (Fsp3) is 0.524. The van der Waals surface area contributed by atoms with Crippen LogP contribution in [0, 0.1) is 20.8 Å². The highest BCUT2D eigenvalue weighted by Gasteiger charge is 2.16. The number of amides is 1. The van der Waals surface area contributed by atoms with E-state index in [4.69, 9.17) is 9.72 Å². The maximum Gasteiger partial charge on any atom is 0.407 e. The van der Waals surface area contributed by atoms with Crippen molar-refractivity contribution in [3.63, 3.8) is 0 Å². The lowest BCUT2D eigenvalue weighted by atomic mass is 10.1. The molecule has 0 saturated heterocycles. The molecule has 0 bridgehead atoms. The summed E-state index contributed by atoms with van der Waals surface area (Å²) in [4.78, 5) is 16.4. The minimum Gasteiger partial charge on any atom is -0.444 e. The van der Waals surface area contributed by atoms with E-state index in [2.05, 4.69) is 46.8 Å².